The van der Waals surface area contributed by atoms with E-state index >= 15 is 0 Å². The van der Waals surface area contributed by atoms with E-state index in [2.05, 4.69) is 52.9 Å². The highest BCUT2D eigenvalue weighted by atomic mass is 31.2. The van der Waals surface area contributed by atoms with E-state index in [1.807, 2.05) is 0 Å². The largest absolute Gasteiger partial charge is 0.673 e. The van der Waals surface area contributed by atoms with Crippen LogP contribution in [0, 0.1) is 0 Å². The Labute approximate surface area is 243 Å². The summed E-state index contributed by atoms with van der Waals surface area (Å²) in [5.74, 6) is 0. The van der Waals surface area contributed by atoms with E-state index in [9.17, 15) is 17.3 Å². The van der Waals surface area contributed by atoms with E-state index < -0.39 is 15.1 Å². The maximum Gasteiger partial charge on any atom is 0.673 e. The second-order valence-corrected chi connectivity index (χ2v) is 16.4. The Morgan fingerprint density at radius 3 is 1.25 bits per heavy atom. The van der Waals surface area contributed by atoms with E-state index in [-0.39, 0.29) is 0 Å². The lowest BCUT2D eigenvalue weighted by Gasteiger charge is -2.54. The predicted octanol–water partition coefficient (Wildman–Crippen LogP) is 9.93. The topological polar surface area (TPSA) is 13.0 Å². The van der Waals surface area contributed by atoms with Crippen LogP contribution in [0.5, 0.6) is 0 Å². The zero-order valence-electron chi connectivity index (χ0n) is 26.0. The Kier molecular flexibility index (Phi) is 14.1. The molecule has 3 fully saturated rings. The third-order valence-corrected chi connectivity index (χ3v) is 14.7. The van der Waals surface area contributed by atoms with Crippen LogP contribution in [0.25, 0.3) is 0 Å². The Bertz CT molecular complexity index is 687. The van der Waals surface area contributed by atoms with Gasteiger partial charge in [-0.3, -0.25) is 0 Å². The molecule has 4 nitrogen and oxygen atoms in total. The van der Waals surface area contributed by atoms with Crippen molar-refractivity contribution >= 4 is 15.1 Å². The zero-order valence-corrected chi connectivity index (χ0v) is 26.9. The molecule has 4 aliphatic carbocycles. The van der Waals surface area contributed by atoms with Crippen LogP contribution in [0.1, 0.15) is 135 Å². The lowest BCUT2D eigenvalue weighted by molar-refractivity contribution is 0.175. The molecule has 4 aliphatic rings. The molecule has 0 aromatic rings. The molecule has 0 radical (unpaired) electrons. The van der Waals surface area contributed by atoms with Gasteiger partial charge in [0.1, 0.15) is 0 Å². The predicted molar refractivity (Wildman–Crippen MR) is 165 cm³/mol. The van der Waals surface area contributed by atoms with E-state index in [1.54, 1.807) is 5.70 Å². The number of hydrogen-bond acceptors (Lipinski definition) is 4. The molecule has 0 N–H and O–H groups in total. The molecule has 0 heterocycles. The Morgan fingerprint density at radius 2 is 0.875 bits per heavy atom. The molecule has 0 saturated heterocycles. The molecule has 0 bridgehead atoms. The van der Waals surface area contributed by atoms with E-state index in [4.69, 9.17) is 0 Å². The SMILES string of the molecule is CN(/C1=C/CCCCCC1)[P+](N(C)C1CCCCC1)(N(C)C1CCCCC1)N(C)C1CCCCC1.F[B-](F)(F)F. The fraction of sp³-hybridized carbons (Fsp3) is 0.933. The van der Waals surface area contributed by atoms with Gasteiger partial charge in [0.05, 0.1) is 5.70 Å². The normalized spacial score (nSPS) is 24.7. The Hall–Kier alpha value is -0.365. The number of rotatable bonds is 8. The van der Waals surface area contributed by atoms with Gasteiger partial charge in [-0.25, -0.2) is 4.67 Å². The van der Waals surface area contributed by atoms with Crippen molar-refractivity contribution in [1.82, 2.24) is 18.7 Å². The van der Waals surface area contributed by atoms with Gasteiger partial charge in [0.2, 0.25) is 0 Å². The molecule has 10 heteroatoms. The first-order chi connectivity index (χ1) is 19.1. The third kappa shape index (κ3) is 9.32. The number of halogens is 4. The summed E-state index contributed by atoms with van der Waals surface area (Å²) < 4.78 is 50.9. The average molecular weight is 593 g/mol. The highest BCUT2D eigenvalue weighted by Crippen LogP contribution is 2.73. The first-order valence-electron chi connectivity index (χ1n) is 16.5. The molecule has 0 amide bonds. The van der Waals surface area contributed by atoms with E-state index in [0.29, 0.717) is 0 Å². The summed E-state index contributed by atoms with van der Waals surface area (Å²) in [6, 6.07) is 2.18. The third-order valence-electron chi connectivity index (χ3n) is 10.2. The van der Waals surface area contributed by atoms with Crippen molar-refractivity contribution in [3.05, 3.63) is 11.8 Å². The van der Waals surface area contributed by atoms with Crippen LogP contribution in [0.15, 0.2) is 11.8 Å². The minimum atomic E-state index is -6.00. The monoisotopic (exact) mass is 592 g/mol. The summed E-state index contributed by atoms with van der Waals surface area (Å²) in [5, 5.41) is 0. The molecule has 0 spiro atoms. The fourth-order valence-corrected chi connectivity index (χ4v) is 13.1. The van der Waals surface area contributed by atoms with Gasteiger partial charge in [-0.05, 0) is 64.2 Å². The quantitative estimate of drug-likeness (QED) is 0.158. The Morgan fingerprint density at radius 1 is 0.550 bits per heavy atom. The molecule has 0 aromatic carbocycles. The van der Waals surface area contributed by atoms with Gasteiger partial charge in [-0.1, -0.05) is 76.7 Å². The summed E-state index contributed by atoms with van der Waals surface area (Å²) in [6.07, 6.45) is 31.9. The number of nitrogens with zero attached hydrogens (tertiary/aromatic N) is 4. The first-order valence-corrected chi connectivity index (χ1v) is 18.1. The van der Waals surface area contributed by atoms with Gasteiger partial charge < -0.3 is 17.3 Å². The van der Waals surface area contributed by atoms with Crippen molar-refractivity contribution in [3.8, 4) is 0 Å². The van der Waals surface area contributed by atoms with Gasteiger partial charge in [0.25, 0.3) is 0 Å². The molecule has 0 aliphatic heterocycles. The first kappa shape index (κ1) is 34.1. The molecule has 4 rings (SSSR count). The second kappa shape index (κ2) is 16.5. The van der Waals surface area contributed by atoms with Crippen LogP contribution in [0.2, 0.25) is 0 Å². The molecular weight excluding hydrogens is 534 g/mol. The molecule has 3 saturated carbocycles. The smallest absolute Gasteiger partial charge is 0.418 e. The van der Waals surface area contributed by atoms with E-state index in [1.165, 1.54) is 135 Å². The van der Waals surface area contributed by atoms with Crippen LogP contribution in [-0.4, -0.2) is 72.3 Å². The van der Waals surface area contributed by atoms with Gasteiger partial charge in [0.15, 0.2) is 0 Å². The van der Waals surface area contributed by atoms with Crippen LogP contribution < -0.4 is 0 Å². The summed E-state index contributed by atoms with van der Waals surface area (Å²) in [7, 11) is 2.30. The maximum absolute atomic E-state index is 9.75. The number of allylic oxidation sites excluding steroid dienone is 2. The summed E-state index contributed by atoms with van der Waals surface area (Å²) >= 11 is 0. The minimum Gasteiger partial charge on any atom is -0.418 e. The average Bonchev–Trinajstić information content (AvgIpc) is 2.93. The Balaban J connectivity index is 0.000000810. The highest BCUT2D eigenvalue weighted by molar-refractivity contribution is 7.66. The lowest BCUT2D eigenvalue weighted by atomic mass is 9.96. The maximum atomic E-state index is 9.75. The van der Waals surface area contributed by atoms with Gasteiger partial charge in [-0.15, -0.1) is 14.0 Å². The van der Waals surface area contributed by atoms with Crippen molar-refractivity contribution in [2.75, 3.05) is 28.2 Å². The lowest BCUT2D eigenvalue weighted by Crippen LogP contribution is -2.56. The molecule has 0 unspecified atom stereocenters. The van der Waals surface area contributed by atoms with Gasteiger partial charge in [-0.2, -0.15) is 0 Å². The van der Waals surface area contributed by atoms with Gasteiger partial charge in [0, 0.05) is 46.3 Å². The van der Waals surface area contributed by atoms with Crippen molar-refractivity contribution in [2.45, 2.75) is 153 Å². The highest BCUT2D eigenvalue weighted by Gasteiger charge is 2.62. The van der Waals surface area contributed by atoms with Crippen molar-refractivity contribution in [1.29, 1.82) is 0 Å². The summed E-state index contributed by atoms with van der Waals surface area (Å²) in [6.45, 7) is 0. The number of hydrogen-bond donors (Lipinski definition) is 0. The van der Waals surface area contributed by atoms with Crippen molar-refractivity contribution < 1.29 is 17.3 Å². The standard InChI is InChI=1S/C30H58N4P.BF4/c1-31(27-19-11-6-5-7-12-20-27)35(32(2)28-21-13-8-14-22-28,33(3)29-23-15-9-16-24-29)34(4)30-25-17-10-18-26-30;2-1(3,4)5/h19,28-30H,5-18,20-26H2,1-4H3;/q+1;-1/b27-19+;. The molecule has 234 valence electrons. The second-order valence-electron chi connectivity index (χ2n) is 12.8. The minimum absolute atomic E-state index is 0.728. The molecule has 40 heavy (non-hydrogen) atoms. The molecule has 0 atom stereocenters. The van der Waals surface area contributed by atoms with Crippen LogP contribution >= 0.6 is 7.87 Å². The van der Waals surface area contributed by atoms with Crippen molar-refractivity contribution in [3.63, 3.8) is 0 Å². The van der Waals surface area contributed by atoms with Gasteiger partial charge >= 0.3 is 15.1 Å². The van der Waals surface area contributed by atoms with Crippen LogP contribution in [-0.2, 0) is 0 Å². The van der Waals surface area contributed by atoms with E-state index in [0.717, 1.165) is 18.1 Å². The zero-order chi connectivity index (χ0) is 29.2. The summed E-state index contributed by atoms with van der Waals surface area (Å²) in [4.78, 5) is 0. The van der Waals surface area contributed by atoms with Crippen LogP contribution in [0.3, 0.4) is 0 Å². The summed E-state index contributed by atoms with van der Waals surface area (Å²) in [5.41, 5.74) is 1.66. The van der Waals surface area contributed by atoms with Crippen LogP contribution in [0.4, 0.5) is 17.3 Å². The molecular formula is C30H58BF4N4P. The molecule has 0 aromatic heterocycles. The van der Waals surface area contributed by atoms with Crippen molar-refractivity contribution in [2.24, 2.45) is 0 Å². The fourth-order valence-electron chi connectivity index (χ4n) is 7.96.